The van der Waals surface area contributed by atoms with Crippen LogP contribution in [0.5, 0.6) is 0 Å². The van der Waals surface area contributed by atoms with Crippen LogP contribution in [0.15, 0.2) is 60.9 Å². The molecule has 0 aliphatic heterocycles. The first-order chi connectivity index (χ1) is 15.3. The summed E-state index contributed by atoms with van der Waals surface area (Å²) in [5.41, 5.74) is 5.06. The minimum atomic E-state index is -0.399. The third-order valence-corrected chi connectivity index (χ3v) is 6.15. The van der Waals surface area contributed by atoms with Gasteiger partial charge >= 0.3 is 0 Å². The van der Waals surface area contributed by atoms with Crippen molar-refractivity contribution in [3.8, 4) is 0 Å². The second-order valence-electron chi connectivity index (χ2n) is 8.46. The molecule has 170 valence electrons. The lowest BCUT2D eigenvalue weighted by atomic mass is 9.79. The van der Waals surface area contributed by atoms with E-state index in [1.54, 1.807) is 29.0 Å². The van der Waals surface area contributed by atoms with E-state index in [-0.39, 0.29) is 46.7 Å². The molecule has 1 heterocycles. The maximum atomic E-state index is 13.1. The van der Waals surface area contributed by atoms with Crippen molar-refractivity contribution in [3.05, 3.63) is 104 Å². The molecule has 1 aromatic heterocycles. The predicted molar refractivity (Wildman–Crippen MR) is 120 cm³/mol. The fraction of sp³-hybridized carbons (Fsp3) is 0.269. The van der Waals surface area contributed by atoms with Crippen LogP contribution < -0.4 is 21.5 Å². The third kappa shape index (κ3) is 5.25. The van der Waals surface area contributed by atoms with Gasteiger partial charge < -0.3 is 17.0 Å². The highest BCUT2D eigenvalue weighted by atomic mass is 79.9. The zero-order valence-corrected chi connectivity index (χ0v) is 20.2. The number of Topliss-reactive ketones (excluding diaryl/α,β-unsaturated/α-hetero) is 2. The van der Waals surface area contributed by atoms with Crippen molar-refractivity contribution in [2.45, 2.75) is 39.7 Å². The number of nitro groups is 1. The maximum Gasteiger partial charge on any atom is 0.278 e. The molecular weight excluding hydrogens is 484 g/mol. The number of carbonyl (C=O) groups excluding carboxylic acids is 2. The van der Waals surface area contributed by atoms with Crippen LogP contribution in [-0.2, 0) is 19.4 Å². The molecule has 0 radical (unpaired) electrons. The summed E-state index contributed by atoms with van der Waals surface area (Å²) in [5, 5.41) is 11.3. The van der Waals surface area contributed by atoms with E-state index in [1.165, 1.54) is 13.0 Å². The van der Waals surface area contributed by atoms with E-state index in [0.29, 0.717) is 17.5 Å². The van der Waals surface area contributed by atoms with Gasteiger partial charge in [0.2, 0.25) is 0 Å². The minimum Gasteiger partial charge on any atom is -1.00 e. The number of rotatable bonds is 6. The van der Waals surface area contributed by atoms with Gasteiger partial charge in [-0.2, -0.15) is 4.57 Å². The highest BCUT2D eigenvalue weighted by Crippen LogP contribution is 2.29. The summed E-state index contributed by atoms with van der Waals surface area (Å²) in [6.45, 7) is 3.82. The van der Waals surface area contributed by atoms with E-state index in [4.69, 9.17) is 0 Å². The van der Waals surface area contributed by atoms with E-state index in [1.807, 2.05) is 31.3 Å². The molecule has 1 aliphatic carbocycles. The summed E-state index contributed by atoms with van der Waals surface area (Å²) in [4.78, 5) is 36.4. The largest absolute Gasteiger partial charge is 1.00 e. The van der Waals surface area contributed by atoms with Gasteiger partial charge in [0.1, 0.15) is 0 Å². The van der Waals surface area contributed by atoms with Crippen molar-refractivity contribution < 1.29 is 36.1 Å². The highest BCUT2D eigenvalue weighted by Gasteiger charge is 2.29. The summed E-state index contributed by atoms with van der Waals surface area (Å²) in [5.74, 6) is -0.108. The zero-order chi connectivity index (χ0) is 22.8. The number of pyridine rings is 1. The SMILES string of the molecule is CC(=O)c1c[n+](Cc2ccccc2[N+](=O)[O-])ccc1CC1CCc2cc(C)ccc2C1=O.[Br-]. The number of benzene rings is 2. The van der Waals surface area contributed by atoms with Crippen molar-refractivity contribution in [2.75, 3.05) is 0 Å². The minimum absolute atomic E-state index is 0. The van der Waals surface area contributed by atoms with Crippen LogP contribution in [0.25, 0.3) is 0 Å². The molecule has 1 atom stereocenters. The molecule has 0 bridgehead atoms. The van der Waals surface area contributed by atoms with Gasteiger partial charge in [-0.3, -0.25) is 19.7 Å². The molecule has 0 N–H and O–H groups in total. The standard InChI is InChI=1S/C26H25N2O4.BrH/c1-17-7-10-23-19(13-17)8-9-21(26(23)30)14-20-11-12-27(16-24(20)18(2)29)15-22-5-3-4-6-25(22)28(31)32;/h3-7,10-13,16,21H,8-9,14-15H2,1-2H3;1H/q+1;/p-1. The topological polar surface area (TPSA) is 81.2 Å². The van der Waals surface area contributed by atoms with Gasteiger partial charge in [-0.1, -0.05) is 35.9 Å². The van der Waals surface area contributed by atoms with E-state index >= 15 is 0 Å². The van der Waals surface area contributed by atoms with Crippen molar-refractivity contribution in [1.82, 2.24) is 0 Å². The molecule has 0 saturated carbocycles. The van der Waals surface area contributed by atoms with Gasteiger partial charge in [0.05, 0.1) is 16.1 Å². The molecule has 6 nitrogen and oxygen atoms in total. The number of aromatic nitrogens is 1. The van der Waals surface area contributed by atoms with Crippen LogP contribution in [-0.4, -0.2) is 16.5 Å². The first kappa shape index (κ1) is 24.5. The van der Waals surface area contributed by atoms with Crippen LogP contribution in [0.4, 0.5) is 5.69 Å². The number of hydrogen-bond donors (Lipinski definition) is 0. The summed E-state index contributed by atoms with van der Waals surface area (Å²) in [7, 11) is 0. The molecule has 1 aliphatic rings. The quantitative estimate of drug-likeness (QED) is 0.218. The Kier molecular flexibility index (Phi) is 7.53. The van der Waals surface area contributed by atoms with E-state index in [0.717, 1.165) is 35.1 Å². The van der Waals surface area contributed by atoms with Gasteiger partial charge in [0, 0.05) is 23.6 Å². The number of nitro benzene ring substituents is 1. The summed E-state index contributed by atoms with van der Waals surface area (Å²) in [6, 6.07) is 14.4. The fourth-order valence-electron chi connectivity index (χ4n) is 4.49. The Morgan fingerprint density at radius 3 is 2.64 bits per heavy atom. The molecule has 1 unspecified atom stereocenters. The van der Waals surface area contributed by atoms with E-state index in [9.17, 15) is 19.7 Å². The van der Waals surface area contributed by atoms with Gasteiger partial charge in [0.15, 0.2) is 30.5 Å². The molecule has 33 heavy (non-hydrogen) atoms. The Morgan fingerprint density at radius 2 is 1.91 bits per heavy atom. The molecule has 0 amide bonds. The maximum absolute atomic E-state index is 13.1. The van der Waals surface area contributed by atoms with Gasteiger partial charge in [-0.25, -0.2) is 0 Å². The lowest BCUT2D eigenvalue weighted by Crippen LogP contribution is -3.00. The Hall–Kier alpha value is -3.19. The van der Waals surface area contributed by atoms with Gasteiger partial charge in [-0.15, -0.1) is 0 Å². The Balaban J connectivity index is 0.00000306. The first-order valence-corrected chi connectivity index (χ1v) is 10.7. The number of ketones is 2. The molecule has 7 heteroatoms. The number of para-hydroxylation sites is 1. The lowest BCUT2D eigenvalue weighted by molar-refractivity contribution is -0.688. The van der Waals surface area contributed by atoms with Crippen LogP contribution in [0.1, 0.15) is 56.3 Å². The summed E-state index contributed by atoms with van der Waals surface area (Å²) >= 11 is 0. The van der Waals surface area contributed by atoms with Crippen molar-refractivity contribution in [2.24, 2.45) is 5.92 Å². The van der Waals surface area contributed by atoms with E-state index in [2.05, 4.69) is 6.07 Å². The van der Waals surface area contributed by atoms with Gasteiger partial charge in [0.25, 0.3) is 5.69 Å². The van der Waals surface area contributed by atoms with Crippen LogP contribution >= 0.6 is 0 Å². The monoisotopic (exact) mass is 508 g/mol. The van der Waals surface area contributed by atoms with Crippen LogP contribution in [0, 0.1) is 23.0 Å². The predicted octanol–water partition coefficient (Wildman–Crippen LogP) is 1.43. The molecule has 0 spiro atoms. The molecule has 4 rings (SSSR count). The molecule has 2 aromatic carbocycles. The van der Waals surface area contributed by atoms with Crippen molar-refractivity contribution in [1.29, 1.82) is 0 Å². The number of nitrogens with zero attached hydrogens (tertiary/aromatic N) is 2. The number of aryl methyl sites for hydroxylation is 2. The summed E-state index contributed by atoms with van der Waals surface area (Å²) in [6.07, 6.45) is 5.68. The Labute approximate surface area is 203 Å². The summed E-state index contributed by atoms with van der Waals surface area (Å²) < 4.78 is 1.78. The number of hydrogen-bond acceptors (Lipinski definition) is 4. The average molecular weight is 509 g/mol. The van der Waals surface area contributed by atoms with Gasteiger partial charge in [-0.05, 0) is 50.3 Å². The normalized spacial score (nSPS) is 14.8. The zero-order valence-electron chi connectivity index (χ0n) is 18.6. The third-order valence-electron chi connectivity index (χ3n) is 6.15. The second-order valence-corrected chi connectivity index (χ2v) is 8.46. The molecular formula is C26H25BrN2O4. The lowest BCUT2D eigenvalue weighted by Gasteiger charge is -2.24. The molecule has 3 aromatic rings. The second kappa shape index (κ2) is 10.2. The smallest absolute Gasteiger partial charge is 0.278 e. The van der Waals surface area contributed by atoms with Crippen molar-refractivity contribution in [3.63, 3.8) is 0 Å². The first-order valence-electron chi connectivity index (χ1n) is 10.7. The molecule has 0 saturated heterocycles. The average Bonchev–Trinajstić information content (AvgIpc) is 2.76. The fourth-order valence-corrected chi connectivity index (χ4v) is 4.49. The number of halogens is 1. The Bertz CT molecular complexity index is 1240. The Morgan fingerprint density at radius 1 is 1.15 bits per heavy atom. The number of carbonyl (C=O) groups is 2. The van der Waals surface area contributed by atoms with E-state index < -0.39 is 4.92 Å². The van der Waals surface area contributed by atoms with Crippen LogP contribution in [0.3, 0.4) is 0 Å². The highest BCUT2D eigenvalue weighted by molar-refractivity contribution is 6.01. The van der Waals surface area contributed by atoms with Crippen LogP contribution in [0.2, 0.25) is 0 Å². The molecule has 0 fully saturated rings. The van der Waals surface area contributed by atoms with Crippen molar-refractivity contribution >= 4 is 17.3 Å². The number of fused-ring (bicyclic) bond motifs is 1.